The molecule has 0 N–H and O–H groups in total. The standard InChI is InChI=1S/C9H9F3O.C2H6/c1-6-3-7(9(10,11)12)5-8(4-6)13-2;1-2/h3-5H,1-2H3;1-2H3. The Hall–Kier alpha value is -1.19. The fraction of sp³-hybridized carbons (Fsp3) is 0.455. The zero-order valence-electron chi connectivity index (χ0n) is 9.27. The first kappa shape index (κ1) is 13.8. The predicted octanol–water partition coefficient (Wildman–Crippen LogP) is 4.05. The molecule has 0 aliphatic carbocycles. The predicted molar refractivity (Wildman–Crippen MR) is 54.1 cm³/mol. The average Bonchev–Trinajstić information content (AvgIpc) is 2.18. The van der Waals surface area contributed by atoms with E-state index in [1.54, 1.807) is 13.0 Å². The number of rotatable bonds is 1. The van der Waals surface area contributed by atoms with Crippen molar-refractivity contribution in [2.45, 2.75) is 26.9 Å². The molecule has 0 radical (unpaired) electrons. The summed E-state index contributed by atoms with van der Waals surface area (Å²) >= 11 is 0. The average molecular weight is 220 g/mol. The van der Waals surface area contributed by atoms with Gasteiger partial charge < -0.3 is 4.74 Å². The molecule has 0 amide bonds. The van der Waals surface area contributed by atoms with E-state index in [0.717, 1.165) is 12.1 Å². The van der Waals surface area contributed by atoms with Gasteiger partial charge in [-0.3, -0.25) is 0 Å². The Morgan fingerprint density at radius 3 is 2.00 bits per heavy atom. The molecule has 15 heavy (non-hydrogen) atoms. The highest BCUT2D eigenvalue weighted by molar-refractivity contribution is 5.35. The van der Waals surface area contributed by atoms with Gasteiger partial charge in [0.1, 0.15) is 5.75 Å². The van der Waals surface area contributed by atoms with Gasteiger partial charge in [-0.05, 0) is 30.7 Å². The molecule has 1 rings (SSSR count). The molecule has 0 atom stereocenters. The summed E-state index contributed by atoms with van der Waals surface area (Å²) in [7, 11) is 1.34. The van der Waals surface area contributed by atoms with Crippen molar-refractivity contribution in [3.63, 3.8) is 0 Å². The molecule has 0 aliphatic rings. The SMILES string of the molecule is CC.COc1cc(C)cc(C(F)(F)F)c1. The number of ether oxygens (including phenoxy) is 1. The second kappa shape index (κ2) is 5.63. The summed E-state index contributed by atoms with van der Waals surface area (Å²) in [4.78, 5) is 0. The third kappa shape index (κ3) is 4.23. The van der Waals surface area contributed by atoms with E-state index in [0.29, 0.717) is 5.56 Å². The van der Waals surface area contributed by atoms with Crippen molar-refractivity contribution in [2.24, 2.45) is 0 Å². The molecule has 0 bridgehead atoms. The van der Waals surface area contributed by atoms with Crippen LogP contribution in [0, 0.1) is 6.92 Å². The maximum absolute atomic E-state index is 12.2. The maximum Gasteiger partial charge on any atom is 0.416 e. The molecule has 1 nitrogen and oxygen atoms in total. The van der Waals surface area contributed by atoms with E-state index in [1.165, 1.54) is 7.11 Å². The van der Waals surface area contributed by atoms with Gasteiger partial charge in [-0.1, -0.05) is 13.8 Å². The summed E-state index contributed by atoms with van der Waals surface area (Å²) in [6.45, 7) is 5.60. The van der Waals surface area contributed by atoms with E-state index in [-0.39, 0.29) is 5.75 Å². The molecule has 1 aromatic rings. The fourth-order valence-corrected chi connectivity index (χ4v) is 1.03. The number of benzene rings is 1. The normalized spacial score (nSPS) is 10.3. The van der Waals surface area contributed by atoms with E-state index in [1.807, 2.05) is 13.8 Å². The van der Waals surface area contributed by atoms with Crippen molar-refractivity contribution >= 4 is 0 Å². The minimum atomic E-state index is -4.31. The number of alkyl halides is 3. The minimum Gasteiger partial charge on any atom is -0.497 e. The van der Waals surface area contributed by atoms with Crippen molar-refractivity contribution < 1.29 is 17.9 Å². The lowest BCUT2D eigenvalue weighted by atomic mass is 10.1. The Bertz CT molecular complexity index is 305. The molecule has 1 aromatic carbocycles. The van der Waals surface area contributed by atoms with E-state index >= 15 is 0 Å². The topological polar surface area (TPSA) is 9.23 Å². The molecule has 0 saturated heterocycles. The molecule has 0 spiro atoms. The summed E-state index contributed by atoms with van der Waals surface area (Å²) in [6, 6.07) is 3.62. The third-order valence-corrected chi connectivity index (χ3v) is 1.61. The fourth-order valence-electron chi connectivity index (χ4n) is 1.03. The van der Waals surface area contributed by atoms with Crippen LogP contribution in [0.4, 0.5) is 13.2 Å². The van der Waals surface area contributed by atoms with Gasteiger partial charge in [0.15, 0.2) is 0 Å². The van der Waals surface area contributed by atoms with Gasteiger partial charge in [0, 0.05) is 0 Å². The van der Waals surface area contributed by atoms with Crippen LogP contribution in [0.15, 0.2) is 18.2 Å². The van der Waals surface area contributed by atoms with Crippen LogP contribution in [0.3, 0.4) is 0 Å². The van der Waals surface area contributed by atoms with Crippen LogP contribution in [-0.4, -0.2) is 7.11 Å². The Balaban J connectivity index is 0.000000921. The summed E-state index contributed by atoms with van der Waals surface area (Å²) in [5.74, 6) is 0.229. The number of halogens is 3. The lowest BCUT2D eigenvalue weighted by molar-refractivity contribution is -0.137. The number of hydrogen-bond donors (Lipinski definition) is 0. The Labute approximate surface area is 87.9 Å². The van der Waals surface area contributed by atoms with Gasteiger partial charge in [0.05, 0.1) is 12.7 Å². The highest BCUT2D eigenvalue weighted by atomic mass is 19.4. The minimum absolute atomic E-state index is 0.229. The van der Waals surface area contributed by atoms with E-state index in [9.17, 15) is 13.2 Å². The van der Waals surface area contributed by atoms with Crippen LogP contribution in [0.2, 0.25) is 0 Å². The molecule has 4 heteroatoms. The summed E-state index contributed by atoms with van der Waals surface area (Å²) in [5, 5.41) is 0. The third-order valence-electron chi connectivity index (χ3n) is 1.61. The Morgan fingerprint density at radius 1 is 1.07 bits per heavy atom. The Kier molecular flexibility index (Phi) is 5.19. The molecule has 0 heterocycles. The van der Waals surface area contributed by atoms with Crippen molar-refractivity contribution in [2.75, 3.05) is 7.11 Å². The first-order chi connectivity index (χ1) is 6.93. The first-order valence-electron chi connectivity index (χ1n) is 4.66. The monoisotopic (exact) mass is 220 g/mol. The van der Waals surface area contributed by atoms with Gasteiger partial charge in [-0.2, -0.15) is 13.2 Å². The van der Waals surface area contributed by atoms with Gasteiger partial charge >= 0.3 is 6.18 Å². The molecule has 0 aromatic heterocycles. The lowest BCUT2D eigenvalue weighted by Gasteiger charge is -2.09. The number of aryl methyl sites for hydroxylation is 1. The quantitative estimate of drug-likeness (QED) is 0.693. The first-order valence-corrected chi connectivity index (χ1v) is 4.66. The van der Waals surface area contributed by atoms with Crippen LogP contribution in [0.1, 0.15) is 25.0 Å². The second-order valence-electron chi connectivity index (χ2n) is 2.74. The Morgan fingerprint density at radius 2 is 1.60 bits per heavy atom. The van der Waals surface area contributed by atoms with Crippen molar-refractivity contribution in [3.8, 4) is 5.75 Å². The number of hydrogen-bond acceptors (Lipinski definition) is 1. The molecular weight excluding hydrogens is 205 g/mol. The maximum atomic E-state index is 12.2. The van der Waals surface area contributed by atoms with Gasteiger partial charge in [0.2, 0.25) is 0 Å². The van der Waals surface area contributed by atoms with Gasteiger partial charge in [0.25, 0.3) is 0 Å². The molecule has 0 unspecified atom stereocenters. The zero-order chi connectivity index (χ0) is 12.1. The van der Waals surface area contributed by atoms with Crippen LogP contribution in [0.5, 0.6) is 5.75 Å². The van der Waals surface area contributed by atoms with Crippen LogP contribution in [-0.2, 0) is 6.18 Å². The highest BCUT2D eigenvalue weighted by Crippen LogP contribution is 2.32. The van der Waals surface area contributed by atoms with Crippen molar-refractivity contribution in [1.29, 1.82) is 0 Å². The largest absolute Gasteiger partial charge is 0.497 e. The summed E-state index contributed by atoms with van der Waals surface area (Å²) in [5.41, 5.74) is -0.143. The van der Waals surface area contributed by atoms with Crippen LogP contribution < -0.4 is 4.74 Å². The molecular formula is C11H15F3O. The molecule has 0 aliphatic heterocycles. The lowest BCUT2D eigenvalue weighted by Crippen LogP contribution is -2.05. The summed E-state index contributed by atoms with van der Waals surface area (Å²) < 4.78 is 41.4. The molecule has 0 saturated carbocycles. The molecule has 86 valence electrons. The van der Waals surface area contributed by atoms with Crippen LogP contribution in [0.25, 0.3) is 0 Å². The van der Waals surface area contributed by atoms with Crippen LogP contribution >= 0.6 is 0 Å². The van der Waals surface area contributed by atoms with E-state index in [4.69, 9.17) is 4.74 Å². The van der Waals surface area contributed by atoms with Gasteiger partial charge in [-0.25, -0.2) is 0 Å². The number of methoxy groups -OCH3 is 1. The van der Waals surface area contributed by atoms with Crippen molar-refractivity contribution in [3.05, 3.63) is 29.3 Å². The van der Waals surface area contributed by atoms with Crippen molar-refractivity contribution in [1.82, 2.24) is 0 Å². The second-order valence-corrected chi connectivity index (χ2v) is 2.74. The zero-order valence-corrected chi connectivity index (χ0v) is 9.27. The van der Waals surface area contributed by atoms with Gasteiger partial charge in [-0.15, -0.1) is 0 Å². The van der Waals surface area contributed by atoms with E-state index in [2.05, 4.69) is 0 Å². The van der Waals surface area contributed by atoms with E-state index < -0.39 is 11.7 Å². The summed E-state index contributed by atoms with van der Waals surface area (Å²) in [6.07, 6.45) is -4.31. The molecule has 0 fully saturated rings. The smallest absolute Gasteiger partial charge is 0.416 e. The highest BCUT2D eigenvalue weighted by Gasteiger charge is 2.30.